The number of nitrogens with one attached hydrogen (secondary N) is 1. The van der Waals surface area contributed by atoms with Gasteiger partial charge in [-0.3, -0.25) is 0 Å². The molecule has 0 unspecified atom stereocenters. The number of carboxylic acids is 1. The lowest BCUT2D eigenvalue weighted by atomic mass is 10.2. The van der Waals surface area contributed by atoms with E-state index in [1.54, 1.807) is 0 Å². The quantitative estimate of drug-likeness (QED) is 0.740. The number of carbonyl (C=O) groups is 1. The standard InChI is InChI=1S/C8H7F2NO2/c1-11-5-3-2-4(8(12)13)6(9)7(5)10/h2-3,11H,1H3,(H,12,13). The number of aromatic carboxylic acids is 1. The van der Waals surface area contributed by atoms with E-state index < -0.39 is 23.2 Å². The van der Waals surface area contributed by atoms with Gasteiger partial charge in [-0.05, 0) is 12.1 Å². The Hall–Kier alpha value is -1.65. The van der Waals surface area contributed by atoms with E-state index >= 15 is 0 Å². The Morgan fingerprint density at radius 2 is 2.00 bits per heavy atom. The molecule has 0 spiro atoms. The molecule has 70 valence electrons. The van der Waals surface area contributed by atoms with Gasteiger partial charge < -0.3 is 10.4 Å². The summed E-state index contributed by atoms with van der Waals surface area (Å²) in [7, 11) is 1.41. The first-order valence-corrected chi connectivity index (χ1v) is 3.47. The summed E-state index contributed by atoms with van der Waals surface area (Å²) >= 11 is 0. The third-order valence-electron chi connectivity index (χ3n) is 1.58. The molecule has 1 aromatic rings. The zero-order valence-corrected chi connectivity index (χ0v) is 6.77. The fourth-order valence-electron chi connectivity index (χ4n) is 0.908. The topological polar surface area (TPSA) is 49.3 Å². The van der Waals surface area contributed by atoms with Crippen LogP contribution in [0.3, 0.4) is 0 Å². The minimum atomic E-state index is -1.49. The van der Waals surface area contributed by atoms with Crippen LogP contribution in [0.4, 0.5) is 14.5 Å². The molecule has 0 aromatic heterocycles. The van der Waals surface area contributed by atoms with Crippen molar-refractivity contribution in [2.45, 2.75) is 0 Å². The van der Waals surface area contributed by atoms with Crippen LogP contribution >= 0.6 is 0 Å². The van der Waals surface area contributed by atoms with E-state index in [1.807, 2.05) is 0 Å². The van der Waals surface area contributed by atoms with Gasteiger partial charge in [-0.2, -0.15) is 0 Å². The fraction of sp³-hybridized carbons (Fsp3) is 0.125. The first-order valence-electron chi connectivity index (χ1n) is 3.47. The summed E-state index contributed by atoms with van der Waals surface area (Å²) in [5.74, 6) is -4.01. The van der Waals surface area contributed by atoms with Crippen LogP contribution < -0.4 is 5.32 Å². The van der Waals surface area contributed by atoms with Crippen molar-refractivity contribution in [1.82, 2.24) is 0 Å². The summed E-state index contributed by atoms with van der Waals surface area (Å²) in [5, 5.41) is 10.8. The molecule has 0 radical (unpaired) electrons. The number of hydrogen-bond acceptors (Lipinski definition) is 2. The van der Waals surface area contributed by atoms with E-state index in [1.165, 1.54) is 13.1 Å². The van der Waals surface area contributed by atoms with Gasteiger partial charge >= 0.3 is 5.97 Å². The van der Waals surface area contributed by atoms with Crippen LogP contribution in [0.1, 0.15) is 10.4 Å². The highest BCUT2D eigenvalue weighted by atomic mass is 19.2. The zero-order valence-electron chi connectivity index (χ0n) is 6.77. The highest BCUT2D eigenvalue weighted by molar-refractivity contribution is 5.88. The molecule has 0 aliphatic heterocycles. The van der Waals surface area contributed by atoms with Crippen molar-refractivity contribution in [3.63, 3.8) is 0 Å². The Labute approximate surface area is 73.0 Å². The molecule has 0 saturated carbocycles. The van der Waals surface area contributed by atoms with Gasteiger partial charge in [-0.1, -0.05) is 0 Å². The fourth-order valence-corrected chi connectivity index (χ4v) is 0.908. The first-order chi connectivity index (χ1) is 6.07. The molecule has 3 nitrogen and oxygen atoms in total. The molecule has 0 fully saturated rings. The minimum absolute atomic E-state index is 0.0671. The van der Waals surface area contributed by atoms with Crippen molar-refractivity contribution in [2.75, 3.05) is 12.4 Å². The predicted molar refractivity (Wildman–Crippen MR) is 42.9 cm³/mol. The van der Waals surface area contributed by atoms with Crippen molar-refractivity contribution in [1.29, 1.82) is 0 Å². The molecule has 2 N–H and O–H groups in total. The van der Waals surface area contributed by atoms with Crippen molar-refractivity contribution >= 4 is 11.7 Å². The summed E-state index contributed by atoms with van der Waals surface area (Å²) in [6, 6.07) is 2.18. The highest BCUT2D eigenvalue weighted by Crippen LogP contribution is 2.19. The maximum Gasteiger partial charge on any atom is 0.338 e. The molecule has 0 atom stereocenters. The number of halogens is 2. The molecule has 5 heteroatoms. The molecular formula is C8H7F2NO2. The minimum Gasteiger partial charge on any atom is -0.478 e. The molecule has 13 heavy (non-hydrogen) atoms. The van der Waals surface area contributed by atoms with E-state index in [0.29, 0.717) is 0 Å². The van der Waals surface area contributed by atoms with Gasteiger partial charge in [0.2, 0.25) is 0 Å². The molecular weight excluding hydrogens is 180 g/mol. The lowest BCUT2D eigenvalue weighted by molar-refractivity contribution is 0.0690. The summed E-state index contributed by atoms with van der Waals surface area (Å²) in [4.78, 5) is 10.3. The highest BCUT2D eigenvalue weighted by Gasteiger charge is 2.16. The first kappa shape index (κ1) is 9.44. The van der Waals surface area contributed by atoms with Crippen molar-refractivity contribution in [2.24, 2.45) is 0 Å². The molecule has 0 bridgehead atoms. The van der Waals surface area contributed by atoms with Gasteiger partial charge in [0, 0.05) is 7.05 Å². The van der Waals surface area contributed by atoms with Crippen LogP contribution in [0.15, 0.2) is 12.1 Å². The molecule has 0 aliphatic rings. The normalized spacial score (nSPS) is 9.77. The van der Waals surface area contributed by atoms with Gasteiger partial charge in [0.25, 0.3) is 0 Å². The lowest BCUT2D eigenvalue weighted by Gasteiger charge is -2.04. The second kappa shape index (κ2) is 3.38. The van der Waals surface area contributed by atoms with E-state index in [4.69, 9.17) is 5.11 Å². The number of carboxylic acid groups (broad SMARTS) is 1. The predicted octanol–water partition coefficient (Wildman–Crippen LogP) is 1.70. The monoisotopic (exact) mass is 187 g/mol. The van der Waals surface area contributed by atoms with Crippen LogP contribution in [-0.4, -0.2) is 18.1 Å². The second-order valence-corrected chi connectivity index (χ2v) is 2.34. The number of rotatable bonds is 2. The Morgan fingerprint density at radius 1 is 1.38 bits per heavy atom. The second-order valence-electron chi connectivity index (χ2n) is 2.34. The van der Waals surface area contributed by atoms with E-state index in [-0.39, 0.29) is 5.69 Å². The average molecular weight is 187 g/mol. The zero-order chi connectivity index (χ0) is 10.0. The number of anilines is 1. The third kappa shape index (κ3) is 1.58. The van der Waals surface area contributed by atoms with E-state index in [0.717, 1.165) is 6.07 Å². The van der Waals surface area contributed by atoms with Crippen molar-refractivity contribution < 1.29 is 18.7 Å². The molecule has 0 amide bonds. The summed E-state index contributed by atoms with van der Waals surface area (Å²) in [6.45, 7) is 0. The van der Waals surface area contributed by atoms with E-state index in [9.17, 15) is 13.6 Å². The third-order valence-corrected chi connectivity index (χ3v) is 1.58. The number of benzene rings is 1. The van der Waals surface area contributed by atoms with Crippen molar-refractivity contribution in [3.05, 3.63) is 29.3 Å². The van der Waals surface area contributed by atoms with Crippen LogP contribution in [0.25, 0.3) is 0 Å². The van der Waals surface area contributed by atoms with Gasteiger partial charge in [0.05, 0.1) is 11.3 Å². The SMILES string of the molecule is CNc1ccc(C(=O)O)c(F)c1F. The Bertz CT molecular complexity index is 352. The van der Waals surface area contributed by atoms with Crippen LogP contribution in [0.5, 0.6) is 0 Å². The summed E-state index contributed by atoms with van der Waals surface area (Å²) in [5.41, 5.74) is -0.737. The molecule has 1 aromatic carbocycles. The van der Waals surface area contributed by atoms with E-state index in [2.05, 4.69) is 5.32 Å². The van der Waals surface area contributed by atoms with Crippen LogP contribution in [0.2, 0.25) is 0 Å². The average Bonchev–Trinajstić information content (AvgIpc) is 2.09. The van der Waals surface area contributed by atoms with Gasteiger partial charge in [0.15, 0.2) is 11.6 Å². The largest absolute Gasteiger partial charge is 0.478 e. The summed E-state index contributed by atoms with van der Waals surface area (Å²) < 4.78 is 25.8. The maximum absolute atomic E-state index is 12.9. The number of hydrogen-bond donors (Lipinski definition) is 2. The van der Waals surface area contributed by atoms with Gasteiger partial charge in [-0.15, -0.1) is 0 Å². The molecule has 0 aliphatic carbocycles. The Morgan fingerprint density at radius 3 is 2.46 bits per heavy atom. The molecule has 0 heterocycles. The molecule has 1 rings (SSSR count). The Balaban J connectivity index is 3.31. The maximum atomic E-state index is 12.9. The van der Waals surface area contributed by atoms with Gasteiger partial charge in [-0.25, -0.2) is 13.6 Å². The van der Waals surface area contributed by atoms with Gasteiger partial charge in [0.1, 0.15) is 0 Å². The summed E-state index contributed by atoms with van der Waals surface area (Å²) in [6.07, 6.45) is 0. The van der Waals surface area contributed by atoms with Crippen LogP contribution in [-0.2, 0) is 0 Å². The lowest BCUT2D eigenvalue weighted by Crippen LogP contribution is -2.05. The molecule has 0 saturated heterocycles. The Kier molecular flexibility index (Phi) is 2.46. The smallest absolute Gasteiger partial charge is 0.338 e. The van der Waals surface area contributed by atoms with Crippen LogP contribution in [0, 0.1) is 11.6 Å². The van der Waals surface area contributed by atoms with Crippen molar-refractivity contribution in [3.8, 4) is 0 Å².